The average molecular weight is 676 g/mol. The molecule has 4 aliphatic rings. The minimum absolute atomic E-state index is 0.0342. The lowest BCUT2D eigenvalue weighted by atomic mass is 9.83. The van der Waals surface area contributed by atoms with Crippen LogP contribution in [-0.2, 0) is 17.8 Å². The number of aromatic nitrogens is 2. The molecular weight excluding hydrogens is 636 g/mol. The van der Waals surface area contributed by atoms with E-state index < -0.39 is 23.6 Å². The number of ether oxygens (including phenoxy) is 1. The molecule has 0 radical (unpaired) electrons. The standard InChI is InChI=1S/C36H40ClF2N7O2/c1-23(38)33(47)46-16-15-44(18-25(46)17-40-4)32-26-11-14-43(29-8-5-7-24-9-10-27(39)31(37)30(24)29)19-28(26)41-34(42-32)48-22-36-12-6-13-45(36)21-35(2,3)20-36/h5,7-10,25H,1,6,11-22H2,2-3H3/t25-,36?/m0/s1. The highest BCUT2D eigenvalue weighted by Crippen LogP contribution is 2.47. The van der Waals surface area contributed by atoms with Gasteiger partial charge in [0.1, 0.15) is 24.3 Å². The van der Waals surface area contributed by atoms with Gasteiger partial charge in [0.05, 0.1) is 22.8 Å². The summed E-state index contributed by atoms with van der Waals surface area (Å²) in [6, 6.07) is 8.72. The lowest BCUT2D eigenvalue weighted by molar-refractivity contribution is -0.131. The zero-order valence-electron chi connectivity index (χ0n) is 27.4. The third kappa shape index (κ3) is 5.83. The molecule has 0 saturated carbocycles. The molecule has 0 aliphatic carbocycles. The predicted molar refractivity (Wildman–Crippen MR) is 183 cm³/mol. The van der Waals surface area contributed by atoms with Gasteiger partial charge in [0.25, 0.3) is 5.91 Å². The van der Waals surface area contributed by atoms with Crippen molar-refractivity contribution in [1.82, 2.24) is 19.8 Å². The van der Waals surface area contributed by atoms with Crippen LogP contribution < -0.4 is 14.5 Å². The minimum atomic E-state index is -1.03. The number of carbonyl (C=O) groups is 1. The van der Waals surface area contributed by atoms with Crippen molar-refractivity contribution in [2.75, 3.05) is 62.2 Å². The first-order valence-electron chi connectivity index (χ1n) is 16.6. The van der Waals surface area contributed by atoms with Crippen molar-refractivity contribution in [3.8, 4) is 6.01 Å². The molecule has 1 aromatic heterocycles. The third-order valence-electron chi connectivity index (χ3n) is 10.5. The highest BCUT2D eigenvalue weighted by Gasteiger charge is 2.52. The van der Waals surface area contributed by atoms with Gasteiger partial charge in [0, 0.05) is 49.4 Å². The van der Waals surface area contributed by atoms with Gasteiger partial charge < -0.3 is 24.3 Å². The molecule has 2 aromatic carbocycles. The number of halogens is 3. The Morgan fingerprint density at radius 1 is 1.17 bits per heavy atom. The first-order valence-corrected chi connectivity index (χ1v) is 17.0. The molecule has 1 unspecified atom stereocenters. The normalized spacial score (nSPS) is 23.6. The summed E-state index contributed by atoms with van der Waals surface area (Å²) in [5.41, 5.74) is 2.74. The van der Waals surface area contributed by atoms with Crippen LogP contribution in [-0.4, -0.2) is 89.7 Å². The summed E-state index contributed by atoms with van der Waals surface area (Å²) in [6.07, 6.45) is 3.84. The second-order valence-corrected chi connectivity index (χ2v) is 14.8. The summed E-state index contributed by atoms with van der Waals surface area (Å²) in [5, 5.41) is 1.61. The molecule has 1 amide bonds. The van der Waals surface area contributed by atoms with Crippen LogP contribution in [0.1, 0.15) is 44.4 Å². The van der Waals surface area contributed by atoms with E-state index in [1.807, 2.05) is 18.2 Å². The molecule has 7 rings (SSSR count). The van der Waals surface area contributed by atoms with Crippen LogP contribution in [0, 0.1) is 17.8 Å². The van der Waals surface area contributed by atoms with E-state index in [0.717, 1.165) is 54.7 Å². The number of anilines is 2. The van der Waals surface area contributed by atoms with Gasteiger partial charge in [-0.25, -0.2) is 15.4 Å². The Bertz CT molecular complexity index is 1830. The molecule has 0 spiro atoms. The van der Waals surface area contributed by atoms with E-state index in [4.69, 9.17) is 32.9 Å². The summed E-state index contributed by atoms with van der Waals surface area (Å²) in [7, 11) is 0. The lowest BCUT2D eigenvalue weighted by Gasteiger charge is -2.41. The Labute approximate surface area is 284 Å². The maximum Gasteiger partial charge on any atom is 0.318 e. The maximum atomic E-state index is 14.6. The van der Waals surface area contributed by atoms with Crippen LogP contribution in [0.3, 0.4) is 0 Å². The number of hydrogen-bond donors (Lipinski definition) is 0. The first kappa shape index (κ1) is 32.5. The number of rotatable bonds is 7. The molecule has 3 aromatic rings. The van der Waals surface area contributed by atoms with E-state index in [0.29, 0.717) is 50.4 Å². The Morgan fingerprint density at radius 2 is 2.00 bits per heavy atom. The zero-order valence-corrected chi connectivity index (χ0v) is 28.2. The second-order valence-electron chi connectivity index (χ2n) is 14.4. The van der Waals surface area contributed by atoms with Crippen LogP contribution in [0.4, 0.5) is 20.3 Å². The number of piperazine rings is 1. The Hall–Kier alpha value is -4.01. The molecule has 252 valence electrons. The summed E-state index contributed by atoms with van der Waals surface area (Å²) < 4.78 is 35.1. The van der Waals surface area contributed by atoms with Gasteiger partial charge in [-0.05, 0) is 55.2 Å². The zero-order chi connectivity index (χ0) is 33.8. The molecule has 9 nitrogen and oxygen atoms in total. The quantitative estimate of drug-likeness (QED) is 0.223. The molecular formula is C36H40ClF2N7O2. The van der Waals surface area contributed by atoms with Crippen molar-refractivity contribution in [2.24, 2.45) is 5.41 Å². The highest BCUT2D eigenvalue weighted by atomic mass is 35.5. The maximum absolute atomic E-state index is 14.6. The number of carbonyl (C=O) groups excluding carboxylic acids is 1. The van der Waals surface area contributed by atoms with Gasteiger partial charge in [0.2, 0.25) is 6.54 Å². The van der Waals surface area contributed by atoms with E-state index in [9.17, 15) is 13.6 Å². The van der Waals surface area contributed by atoms with Crippen LogP contribution in [0.2, 0.25) is 5.02 Å². The van der Waals surface area contributed by atoms with Crippen LogP contribution in [0.25, 0.3) is 15.6 Å². The summed E-state index contributed by atoms with van der Waals surface area (Å²) in [6.45, 7) is 19.9. The summed E-state index contributed by atoms with van der Waals surface area (Å²) in [4.78, 5) is 34.4. The molecule has 4 aliphatic heterocycles. The van der Waals surface area contributed by atoms with E-state index in [1.165, 1.54) is 11.0 Å². The molecule has 2 atom stereocenters. The van der Waals surface area contributed by atoms with E-state index in [-0.39, 0.29) is 35.1 Å². The fourth-order valence-corrected chi connectivity index (χ4v) is 8.79. The fourth-order valence-electron chi connectivity index (χ4n) is 8.53. The number of amides is 1. The fraction of sp³-hybridized carbons (Fsp3) is 0.500. The second kappa shape index (κ2) is 12.5. The minimum Gasteiger partial charge on any atom is -0.461 e. The third-order valence-corrected chi connectivity index (χ3v) is 10.9. The Balaban J connectivity index is 1.24. The SMILES string of the molecule is [C-]#[N+]C[C@H]1CN(c2nc(OCC34CCCN3CC(C)(C)C4)nc3c2CCN(c2cccc4ccc(F)c(Cl)c24)C3)CCN1C(=O)C(=C)F. The molecule has 3 saturated heterocycles. The topological polar surface area (TPSA) is 69.4 Å². The monoisotopic (exact) mass is 675 g/mol. The van der Waals surface area contributed by atoms with Crippen LogP contribution >= 0.6 is 11.6 Å². The molecule has 12 heteroatoms. The Kier molecular flexibility index (Phi) is 8.45. The van der Waals surface area contributed by atoms with Gasteiger partial charge >= 0.3 is 6.01 Å². The number of benzene rings is 2. The van der Waals surface area contributed by atoms with Gasteiger partial charge in [-0.2, -0.15) is 9.97 Å². The highest BCUT2D eigenvalue weighted by molar-refractivity contribution is 6.36. The van der Waals surface area contributed by atoms with Crippen LogP contribution in [0.15, 0.2) is 42.7 Å². The Morgan fingerprint density at radius 3 is 2.79 bits per heavy atom. The molecule has 5 heterocycles. The van der Waals surface area contributed by atoms with Crippen molar-refractivity contribution in [3.63, 3.8) is 0 Å². The van der Waals surface area contributed by atoms with Gasteiger partial charge in [-0.1, -0.05) is 50.2 Å². The smallest absolute Gasteiger partial charge is 0.318 e. The van der Waals surface area contributed by atoms with Gasteiger partial charge in [-0.15, -0.1) is 0 Å². The van der Waals surface area contributed by atoms with Crippen molar-refractivity contribution in [1.29, 1.82) is 0 Å². The number of nitrogens with zero attached hydrogens (tertiary/aromatic N) is 7. The molecule has 0 N–H and O–H groups in total. The van der Waals surface area contributed by atoms with E-state index in [1.54, 1.807) is 6.07 Å². The van der Waals surface area contributed by atoms with Crippen molar-refractivity contribution >= 4 is 39.8 Å². The lowest BCUT2D eigenvalue weighted by Crippen LogP contribution is -2.57. The van der Waals surface area contributed by atoms with Crippen LogP contribution in [0.5, 0.6) is 6.01 Å². The molecule has 48 heavy (non-hydrogen) atoms. The first-order chi connectivity index (χ1) is 23.0. The summed E-state index contributed by atoms with van der Waals surface area (Å²) >= 11 is 6.53. The molecule has 3 fully saturated rings. The number of hydrogen-bond acceptors (Lipinski definition) is 7. The summed E-state index contributed by atoms with van der Waals surface area (Å²) in [5.74, 6) is -1.56. The van der Waals surface area contributed by atoms with Crippen molar-refractivity contribution in [2.45, 2.75) is 57.7 Å². The largest absolute Gasteiger partial charge is 0.461 e. The molecule has 0 bridgehead atoms. The number of fused-ring (bicyclic) bond motifs is 3. The average Bonchev–Trinajstić information content (AvgIpc) is 3.56. The van der Waals surface area contributed by atoms with E-state index >= 15 is 0 Å². The predicted octanol–water partition coefficient (Wildman–Crippen LogP) is 6.05. The van der Waals surface area contributed by atoms with Crippen molar-refractivity contribution in [3.05, 3.63) is 76.3 Å². The van der Waals surface area contributed by atoms with Crippen molar-refractivity contribution < 1.29 is 18.3 Å². The van der Waals surface area contributed by atoms with Gasteiger partial charge in [-0.3, -0.25) is 9.69 Å². The van der Waals surface area contributed by atoms with E-state index in [2.05, 4.69) is 40.0 Å². The van der Waals surface area contributed by atoms with Gasteiger partial charge in [0.15, 0.2) is 5.83 Å².